The van der Waals surface area contributed by atoms with Crippen molar-refractivity contribution in [2.45, 2.75) is 38.8 Å². The fourth-order valence-corrected chi connectivity index (χ4v) is 4.15. The average molecular weight is 331 g/mol. The van der Waals surface area contributed by atoms with Gasteiger partial charge < -0.3 is 15.4 Å². The second-order valence-corrected chi connectivity index (χ2v) is 6.99. The molecule has 0 saturated carbocycles. The summed E-state index contributed by atoms with van der Waals surface area (Å²) in [4.78, 5) is 16.7. The second-order valence-electron chi connectivity index (χ2n) is 5.85. The van der Waals surface area contributed by atoms with Crippen molar-refractivity contribution in [1.29, 1.82) is 0 Å². The summed E-state index contributed by atoms with van der Waals surface area (Å²) in [5.74, 6) is 0.747. The molecule has 1 saturated heterocycles. The number of piperidine rings is 1. The molecule has 2 aliphatic heterocycles. The third-order valence-corrected chi connectivity index (χ3v) is 5.63. The van der Waals surface area contributed by atoms with E-state index in [1.54, 1.807) is 11.3 Å². The van der Waals surface area contributed by atoms with Crippen molar-refractivity contribution in [3.63, 3.8) is 0 Å². The van der Waals surface area contributed by atoms with E-state index in [0.29, 0.717) is 12.5 Å². The van der Waals surface area contributed by atoms with Crippen LogP contribution >= 0.6 is 23.7 Å². The molecule has 1 aromatic rings. The Morgan fingerprint density at radius 2 is 2.19 bits per heavy atom. The number of carbonyl (C=O) groups is 1. The molecule has 3 rings (SSSR count). The maximum atomic E-state index is 12.6. The molecule has 21 heavy (non-hydrogen) atoms. The van der Waals surface area contributed by atoms with Gasteiger partial charge in [0, 0.05) is 30.4 Å². The van der Waals surface area contributed by atoms with E-state index < -0.39 is 0 Å². The highest BCUT2D eigenvalue weighted by molar-refractivity contribution is 7.14. The molecule has 6 heteroatoms. The summed E-state index contributed by atoms with van der Waals surface area (Å²) in [6.45, 7) is 5.18. The SMILES string of the molecule is CC(N)C1CCN(C(=O)c2cc3c(s2)CCOC3)CC1.Cl. The van der Waals surface area contributed by atoms with Gasteiger partial charge in [-0.25, -0.2) is 0 Å². The van der Waals surface area contributed by atoms with Crippen LogP contribution in [-0.2, 0) is 17.8 Å². The lowest BCUT2D eigenvalue weighted by atomic mass is 9.91. The van der Waals surface area contributed by atoms with Gasteiger partial charge in [-0.05, 0) is 37.3 Å². The number of nitrogens with two attached hydrogens (primary N) is 1. The third kappa shape index (κ3) is 3.59. The minimum absolute atomic E-state index is 0. The zero-order chi connectivity index (χ0) is 14.1. The highest BCUT2D eigenvalue weighted by Gasteiger charge is 2.27. The first-order valence-electron chi connectivity index (χ1n) is 7.39. The minimum atomic E-state index is 0. The topological polar surface area (TPSA) is 55.6 Å². The molecule has 0 aliphatic carbocycles. The molecule has 1 amide bonds. The monoisotopic (exact) mass is 330 g/mol. The normalized spacial score (nSPS) is 20.6. The van der Waals surface area contributed by atoms with Gasteiger partial charge in [0.1, 0.15) is 0 Å². The summed E-state index contributed by atoms with van der Waals surface area (Å²) < 4.78 is 5.44. The molecule has 2 N–H and O–H groups in total. The van der Waals surface area contributed by atoms with Crippen molar-refractivity contribution in [2.24, 2.45) is 11.7 Å². The van der Waals surface area contributed by atoms with Gasteiger partial charge in [-0.2, -0.15) is 0 Å². The van der Waals surface area contributed by atoms with Crippen LogP contribution in [0.15, 0.2) is 6.07 Å². The largest absolute Gasteiger partial charge is 0.376 e. The molecule has 0 bridgehead atoms. The van der Waals surface area contributed by atoms with E-state index in [0.717, 1.165) is 43.8 Å². The van der Waals surface area contributed by atoms with Crippen molar-refractivity contribution in [3.8, 4) is 0 Å². The van der Waals surface area contributed by atoms with Crippen molar-refractivity contribution in [2.75, 3.05) is 19.7 Å². The quantitative estimate of drug-likeness (QED) is 0.906. The van der Waals surface area contributed by atoms with Gasteiger partial charge in [0.25, 0.3) is 5.91 Å². The van der Waals surface area contributed by atoms with Crippen molar-refractivity contribution in [1.82, 2.24) is 4.90 Å². The van der Waals surface area contributed by atoms with Gasteiger partial charge in [0.05, 0.1) is 18.1 Å². The number of nitrogens with zero attached hydrogens (tertiary/aromatic N) is 1. The fraction of sp³-hybridized carbons (Fsp3) is 0.667. The molecular formula is C15H23ClN2O2S. The molecule has 4 nitrogen and oxygen atoms in total. The standard InChI is InChI=1S/C15H22N2O2S.ClH/c1-10(16)11-2-5-17(6-3-11)15(18)14-8-12-9-19-7-4-13(12)20-14;/h8,10-11H,2-7,9,16H2,1H3;1H. The predicted octanol–water partition coefficient (Wildman–Crippen LogP) is 2.44. The molecular weight excluding hydrogens is 308 g/mol. The lowest BCUT2D eigenvalue weighted by Crippen LogP contribution is -2.42. The smallest absolute Gasteiger partial charge is 0.263 e. The zero-order valence-corrected chi connectivity index (χ0v) is 14.0. The lowest BCUT2D eigenvalue weighted by Gasteiger charge is -2.33. The van der Waals surface area contributed by atoms with E-state index >= 15 is 0 Å². The highest BCUT2D eigenvalue weighted by atomic mass is 35.5. The van der Waals surface area contributed by atoms with Gasteiger partial charge in [-0.1, -0.05) is 0 Å². The summed E-state index contributed by atoms with van der Waals surface area (Å²) in [7, 11) is 0. The van der Waals surface area contributed by atoms with Crippen LogP contribution < -0.4 is 5.73 Å². The Hall–Kier alpha value is -0.620. The third-order valence-electron chi connectivity index (χ3n) is 4.41. The maximum Gasteiger partial charge on any atom is 0.263 e. The van der Waals surface area contributed by atoms with E-state index in [-0.39, 0.29) is 24.4 Å². The van der Waals surface area contributed by atoms with Crippen LogP contribution in [0.4, 0.5) is 0 Å². The van der Waals surface area contributed by atoms with E-state index in [4.69, 9.17) is 10.5 Å². The number of fused-ring (bicyclic) bond motifs is 1. The first kappa shape index (κ1) is 16.7. The number of amides is 1. The Morgan fingerprint density at radius 1 is 1.48 bits per heavy atom. The zero-order valence-electron chi connectivity index (χ0n) is 12.3. The van der Waals surface area contributed by atoms with Crippen molar-refractivity contribution < 1.29 is 9.53 Å². The van der Waals surface area contributed by atoms with E-state index in [1.807, 2.05) is 11.0 Å². The molecule has 2 aliphatic rings. The second kappa shape index (κ2) is 7.09. The number of hydrogen-bond acceptors (Lipinski definition) is 4. The first-order valence-corrected chi connectivity index (χ1v) is 8.21. The minimum Gasteiger partial charge on any atom is -0.376 e. The van der Waals surface area contributed by atoms with Gasteiger partial charge in [-0.15, -0.1) is 23.7 Å². The number of thiophene rings is 1. The van der Waals surface area contributed by atoms with E-state index in [1.165, 1.54) is 10.4 Å². The summed E-state index contributed by atoms with van der Waals surface area (Å²) in [6, 6.07) is 2.26. The molecule has 118 valence electrons. The van der Waals surface area contributed by atoms with E-state index in [9.17, 15) is 4.79 Å². The number of halogens is 1. The van der Waals surface area contributed by atoms with Crippen LogP contribution in [0.5, 0.6) is 0 Å². The van der Waals surface area contributed by atoms with Crippen LogP contribution in [0, 0.1) is 5.92 Å². The van der Waals surface area contributed by atoms with Crippen LogP contribution in [0.3, 0.4) is 0 Å². The number of ether oxygens (including phenoxy) is 1. The molecule has 0 aromatic carbocycles. The summed E-state index contributed by atoms with van der Waals surface area (Å²) in [5, 5.41) is 0. The molecule has 3 heterocycles. The Balaban J connectivity index is 0.00000161. The Kier molecular flexibility index (Phi) is 5.66. The van der Waals surface area contributed by atoms with Gasteiger partial charge in [0.2, 0.25) is 0 Å². The maximum absolute atomic E-state index is 12.6. The van der Waals surface area contributed by atoms with Crippen LogP contribution in [0.1, 0.15) is 39.9 Å². The van der Waals surface area contributed by atoms with E-state index in [2.05, 4.69) is 6.92 Å². The number of rotatable bonds is 2. The predicted molar refractivity (Wildman–Crippen MR) is 87.2 cm³/mol. The van der Waals surface area contributed by atoms with Gasteiger partial charge >= 0.3 is 0 Å². The Bertz CT molecular complexity index is 472. The average Bonchev–Trinajstić information content (AvgIpc) is 2.90. The fourth-order valence-electron chi connectivity index (χ4n) is 3.04. The Labute approximate surface area is 136 Å². The van der Waals surface area contributed by atoms with Crippen molar-refractivity contribution in [3.05, 3.63) is 21.4 Å². The number of likely N-dealkylation sites (tertiary alicyclic amines) is 1. The lowest BCUT2D eigenvalue weighted by molar-refractivity contribution is 0.0685. The van der Waals surface area contributed by atoms with Crippen molar-refractivity contribution >= 4 is 29.7 Å². The van der Waals surface area contributed by atoms with Crippen LogP contribution in [0.25, 0.3) is 0 Å². The summed E-state index contributed by atoms with van der Waals surface area (Å²) in [5.41, 5.74) is 7.15. The van der Waals surface area contributed by atoms with Crippen LogP contribution in [0.2, 0.25) is 0 Å². The molecule has 0 spiro atoms. The summed E-state index contributed by atoms with van der Waals surface area (Å²) >= 11 is 1.65. The molecule has 1 aromatic heterocycles. The number of hydrogen-bond donors (Lipinski definition) is 1. The van der Waals surface area contributed by atoms with Crippen LogP contribution in [-0.4, -0.2) is 36.5 Å². The molecule has 1 atom stereocenters. The molecule has 1 unspecified atom stereocenters. The highest BCUT2D eigenvalue weighted by Crippen LogP contribution is 2.29. The Morgan fingerprint density at radius 3 is 2.81 bits per heavy atom. The first-order chi connectivity index (χ1) is 9.65. The molecule has 1 fully saturated rings. The summed E-state index contributed by atoms with van der Waals surface area (Å²) in [6.07, 6.45) is 3.00. The van der Waals surface area contributed by atoms with Gasteiger partial charge in [0.15, 0.2) is 0 Å². The number of carbonyl (C=O) groups excluding carboxylic acids is 1. The van der Waals surface area contributed by atoms with Gasteiger partial charge in [-0.3, -0.25) is 4.79 Å². The molecule has 0 radical (unpaired) electrons.